The molecule has 0 aliphatic heterocycles. The van der Waals surface area contributed by atoms with E-state index in [1.165, 1.54) is 21.4 Å². The highest BCUT2D eigenvalue weighted by atomic mass is 32.1. The Hall–Kier alpha value is -2.89. The first-order valence-corrected chi connectivity index (χ1v) is 11.2. The van der Waals surface area contributed by atoms with Crippen molar-refractivity contribution in [2.45, 2.75) is 26.2 Å². The number of rotatable bonds is 8. The highest BCUT2D eigenvalue weighted by molar-refractivity contribution is 7.10. The number of thiophene rings is 1. The van der Waals surface area contributed by atoms with Gasteiger partial charge in [-0.05, 0) is 47.5 Å². The Morgan fingerprint density at radius 1 is 1.10 bits per heavy atom. The second kappa shape index (κ2) is 9.28. The van der Waals surface area contributed by atoms with E-state index in [2.05, 4.69) is 70.5 Å². The van der Waals surface area contributed by atoms with Gasteiger partial charge in [0.15, 0.2) is 0 Å². The van der Waals surface area contributed by atoms with Crippen LogP contribution in [0.3, 0.4) is 0 Å². The minimum atomic E-state index is -0.0112. The maximum atomic E-state index is 12.6. The Balaban J connectivity index is 1.46. The van der Waals surface area contributed by atoms with E-state index in [-0.39, 0.29) is 18.4 Å². The van der Waals surface area contributed by atoms with Gasteiger partial charge in [-0.25, -0.2) is 0 Å². The number of para-hydroxylation sites is 2. The number of amides is 1. The van der Waals surface area contributed by atoms with E-state index in [1.54, 1.807) is 11.3 Å². The van der Waals surface area contributed by atoms with Crippen LogP contribution >= 0.6 is 11.3 Å². The van der Waals surface area contributed by atoms with Crippen LogP contribution in [0.25, 0.3) is 10.9 Å². The van der Waals surface area contributed by atoms with E-state index in [4.69, 9.17) is 0 Å². The average molecular weight is 418 g/mol. The number of carbonyl (C=O) groups is 1. The van der Waals surface area contributed by atoms with Crippen molar-refractivity contribution in [1.29, 1.82) is 0 Å². The van der Waals surface area contributed by atoms with E-state index in [9.17, 15) is 4.79 Å². The van der Waals surface area contributed by atoms with Gasteiger partial charge in [-0.15, -0.1) is 11.3 Å². The molecule has 0 spiro atoms. The lowest BCUT2D eigenvalue weighted by molar-refractivity contribution is -0.115. The molecule has 0 fully saturated rings. The number of hydrogen-bond donors (Lipinski definition) is 3. The molecule has 0 saturated carbocycles. The third kappa shape index (κ3) is 4.32. The molecule has 30 heavy (non-hydrogen) atoms. The molecule has 0 saturated heterocycles. The molecule has 154 valence electrons. The fourth-order valence-electron chi connectivity index (χ4n) is 3.95. The lowest BCUT2D eigenvalue weighted by atomic mass is 9.96. The van der Waals surface area contributed by atoms with Crippen LogP contribution in [0.15, 0.2) is 66.2 Å². The third-order valence-corrected chi connectivity index (χ3v) is 6.51. The van der Waals surface area contributed by atoms with E-state index in [1.807, 2.05) is 25.1 Å². The fraction of sp³-hybridized carbons (Fsp3) is 0.240. The normalized spacial score (nSPS) is 12.2. The number of aromatic amines is 1. The minimum absolute atomic E-state index is 0.0112. The average Bonchev–Trinajstić information content (AvgIpc) is 3.43. The number of benzene rings is 2. The number of carbonyl (C=O) groups excluding carboxylic acids is 1. The molecule has 1 atom stereocenters. The zero-order chi connectivity index (χ0) is 20.9. The molecule has 5 heteroatoms. The lowest BCUT2D eigenvalue weighted by Crippen LogP contribution is -2.31. The standard InChI is InChI=1S/C25H27N3OS/c1-3-18-9-6-8-17(2)25(18)28-24(29)16-26-14-21(23-12-7-13-30-23)20-15-27-22-11-5-4-10-19(20)22/h4-13,15,21,26-27H,3,14,16H2,1-2H3,(H,28,29)/t21-/m0/s1. The Labute approximate surface area is 181 Å². The predicted molar refractivity (Wildman–Crippen MR) is 127 cm³/mol. The summed E-state index contributed by atoms with van der Waals surface area (Å²) < 4.78 is 0. The lowest BCUT2D eigenvalue weighted by Gasteiger charge is -2.17. The van der Waals surface area contributed by atoms with E-state index >= 15 is 0 Å². The number of anilines is 1. The van der Waals surface area contributed by atoms with Gasteiger partial charge < -0.3 is 15.6 Å². The summed E-state index contributed by atoms with van der Waals surface area (Å²) in [6.45, 7) is 5.12. The van der Waals surface area contributed by atoms with Gasteiger partial charge >= 0.3 is 0 Å². The number of nitrogens with one attached hydrogen (secondary N) is 3. The van der Waals surface area contributed by atoms with Gasteiger partial charge in [0.1, 0.15) is 0 Å². The van der Waals surface area contributed by atoms with Gasteiger partial charge in [-0.3, -0.25) is 4.79 Å². The van der Waals surface area contributed by atoms with Crippen molar-refractivity contribution >= 4 is 33.8 Å². The molecule has 4 aromatic rings. The Kier molecular flexibility index (Phi) is 6.31. The molecular formula is C25H27N3OS. The third-order valence-electron chi connectivity index (χ3n) is 5.52. The molecule has 0 aliphatic rings. The molecule has 2 aromatic heterocycles. The first-order chi connectivity index (χ1) is 14.7. The molecule has 0 radical (unpaired) electrons. The number of aryl methyl sites for hydroxylation is 2. The van der Waals surface area contributed by atoms with Crippen LogP contribution in [0.1, 0.15) is 34.4 Å². The summed E-state index contributed by atoms with van der Waals surface area (Å²) in [5, 5.41) is 9.82. The maximum Gasteiger partial charge on any atom is 0.238 e. The molecule has 0 bridgehead atoms. The van der Waals surface area contributed by atoms with Gasteiger partial charge in [0, 0.05) is 40.1 Å². The highest BCUT2D eigenvalue weighted by Crippen LogP contribution is 2.32. The maximum absolute atomic E-state index is 12.6. The summed E-state index contributed by atoms with van der Waals surface area (Å²) in [6, 6.07) is 18.7. The Bertz CT molecular complexity index is 1130. The van der Waals surface area contributed by atoms with Crippen LogP contribution in [0, 0.1) is 6.92 Å². The first kappa shape index (κ1) is 20.4. The molecule has 3 N–H and O–H groups in total. The van der Waals surface area contributed by atoms with Crippen molar-refractivity contribution in [3.05, 3.63) is 87.7 Å². The zero-order valence-corrected chi connectivity index (χ0v) is 18.2. The van der Waals surface area contributed by atoms with Crippen LogP contribution in [0.5, 0.6) is 0 Å². The summed E-state index contributed by atoms with van der Waals surface area (Å²) in [6.07, 6.45) is 2.99. The monoisotopic (exact) mass is 417 g/mol. The van der Waals surface area contributed by atoms with Crippen molar-refractivity contribution < 1.29 is 4.79 Å². The second-order valence-electron chi connectivity index (χ2n) is 7.50. The van der Waals surface area contributed by atoms with Crippen molar-refractivity contribution in [2.24, 2.45) is 0 Å². The largest absolute Gasteiger partial charge is 0.361 e. The van der Waals surface area contributed by atoms with Gasteiger partial charge in [-0.1, -0.05) is 49.4 Å². The highest BCUT2D eigenvalue weighted by Gasteiger charge is 2.19. The van der Waals surface area contributed by atoms with Crippen LogP contribution < -0.4 is 10.6 Å². The summed E-state index contributed by atoms with van der Waals surface area (Å²) in [7, 11) is 0. The fourth-order valence-corrected chi connectivity index (χ4v) is 4.80. The van der Waals surface area contributed by atoms with Crippen LogP contribution in [-0.2, 0) is 11.2 Å². The van der Waals surface area contributed by atoms with Gasteiger partial charge in [0.25, 0.3) is 0 Å². The topological polar surface area (TPSA) is 56.9 Å². The number of aromatic nitrogens is 1. The van der Waals surface area contributed by atoms with Crippen molar-refractivity contribution in [1.82, 2.24) is 10.3 Å². The van der Waals surface area contributed by atoms with Crippen molar-refractivity contribution in [2.75, 3.05) is 18.4 Å². The SMILES string of the molecule is CCc1cccc(C)c1NC(=O)CNC[C@H](c1cccs1)c1c[nH]c2ccccc12. The summed E-state index contributed by atoms with van der Waals surface area (Å²) in [4.78, 5) is 17.3. The van der Waals surface area contributed by atoms with Crippen LogP contribution in [0.2, 0.25) is 0 Å². The number of H-pyrrole nitrogens is 1. The molecule has 1 amide bonds. The molecule has 2 heterocycles. The smallest absolute Gasteiger partial charge is 0.238 e. The van der Waals surface area contributed by atoms with Gasteiger partial charge in [0.05, 0.1) is 6.54 Å². The zero-order valence-electron chi connectivity index (χ0n) is 17.4. The summed E-state index contributed by atoms with van der Waals surface area (Å²) in [5.41, 5.74) is 5.60. The number of fused-ring (bicyclic) bond motifs is 1. The Morgan fingerprint density at radius 2 is 1.97 bits per heavy atom. The van der Waals surface area contributed by atoms with Crippen LogP contribution in [-0.4, -0.2) is 24.0 Å². The van der Waals surface area contributed by atoms with E-state index in [0.717, 1.165) is 23.2 Å². The molecule has 0 aliphatic carbocycles. The van der Waals surface area contributed by atoms with Crippen molar-refractivity contribution in [3.8, 4) is 0 Å². The molecule has 0 unspecified atom stereocenters. The molecule has 4 nitrogen and oxygen atoms in total. The van der Waals surface area contributed by atoms with E-state index < -0.39 is 0 Å². The number of hydrogen-bond acceptors (Lipinski definition) is 3. The summed E-state index contributed by atoms with van der Waals surface area (Å²) in [5.74, 6) is 0.182. The minimum Gasteiger partial charge on any atom is -0.361 e. The Morgan fingerprint density at radius 3 is 2.77 bits per heavy atom. The van der Waals surface area contributed by atoms with Gasteiger partial charge in [0.2, 0.25) is 5.91 Å². The van der Waals surface area contributed by atoms with Crippen molar-refractivity contribution in [3.63, 3.8) is 0 Å². The first-order valence-electron chi connectivity index (χ1n) is 10.4. The molecular weight excluding hydrogens is 390 g/mol. The molecule has 4 rings (SSSR count). The molecule has 2 aromatic carbocycles. The second-order valence-corrected chi connectivity index (χ2v) is 8.48. The predicted octanol–water partition coefficient (Wildman–Crippen LogP) is 5.46. The van der Waals surface area contributed by atoms with E-state index in [0.29, 0.717) is 6.54 Å². The van der Waals surface area contributed by atoms with Crippen LogP contribution in [0.4, 0.5) is 5.69 Å². The van der Waals surface area contributed by atoms with Gasteiger partial charge in [-0.2, -0.15) is 0 Å². The quantitative estimate of drug-likeness (QED) is 0.356. The summed E-state index contributed by atoms with van der Waals surface area (Å²) >= 11 is 1.75.